The molecule has 200 valence electrons. The summed E-state index contributed by atoms with van der Waals surface area (Å²) in [6, 6.07) is 7.05. The van der Waals surface area contributed by atoms with Gasteiger partial charge in [-0.25, -0.2) is 0 Å². The van der Waals surface area contributed by atoms with E-state index >= 15 is 0 Å². The number of rotatable bonds is 10. The molecule has 2 fully saturated rings. The molecular formula is C33H47N3O. The van der Waals surface area contributed by atoms with E-state index in [0.717, 1.165) is 37.4 Å². The van der Waals surface area contributed by atoms with Crippen molar-refractivity contribution in [1.82, 2.24) is 15.2 Å². The molecule has 4 heteroatoms. The zero-order valence-corrected chi connectivity index (χ0v) is 23.9. The number of fused-ring (bicyclic) bond motifs is 1. The molecule has 1 atom stereocenters. The number of allylic oxidation sites excluding steroid dienone is 5. The first-order valence-electron chi connectivity index (χ1n) is 14.4. The summed E-state index contributed by atoms with van der Waals surface area (Å²) < 4.78 is 0. The number of nitrogens with zero attached hydrogens (tertiary/aromatic N) is 1. The van der Waals surface area contributed by atoms with Gasteiger partial charge in [0.05, 0.1) is 6.54 Å². The topological polar surface area (TPSA) is 48.1 Å². The largest absolute Gasteiger partial charge is 0.358 e. The van der Waals surface area contributed by atoms with Crippen LogP contribution in [0.2, 0.25) is 0 Å². The number of hydrogen-bond acceptors (Lipinski definition) is 2. The van der Waals surface area contributed by atoms with Crippen LogP contribution in [0, 0.1) is 11.8 Å². The third-order valence-corrected chi connectivity index (χ3v) is 8.39. The number of carbonyl (C=O) groups excluding carboxylic acids is 1. The molecule has 1 aliphatic heterocycles. The molecule has 2 aromatic rings. The Kier molecular flexibility index (Phi) is 8.79. The van der Waals surface area contributed by atoms with Gasteiger partial charge in [0.25, 0.3) is 0 Å². The van der Waals surface area contributed by atoms with Gasteiger partial charge in [-0.05, 0) is 105 Å². The van der Waals surface area contributed by atoms with Gasteiger partial charge in [0, 0.05) is 23.6 Å². The van der Waals surface area contributed by atoms with E-state index in [9.17, 15) is 4.79 Å². The van der Waals surface area contributed by atoms with Crippen LogP contribution in [0.15, 0.2) is 48.1 Å². The molecular weight excluding hydrogens is 454 g/mol. The van der Waals surface area contributed by atoms with Crippen molar-refractivity contribution < 1.29 is 4.79 Å². The van der Waals surface area contributed by atoms with Crippen LogP contribution in [0.5, 0.6) is 0 Å². The number of H-pyrrole nitrogens is 1. The first kappa shape index (κ1) is 27.4. The molecule has 4 rings (SSSR count). The molecule has 4 nitrogen and oxygen atoms in total. The molecule has 1 aliphatic carbocycles. The fourth-order valence-corrected chi connectivity index (χ4v) is 5.96. The predicted molar refractivity (Wildman–Crippen MR) is 158 cm³/mol. The zero-order valence-electron chi connectivity index (χ0n) is 23.9. The standard InChI is InChI=1S/C33H47N3O/c1-8-23(6)28(25-9-10-25)19-27(17-21(2)3)33-32(22(4)5)29-18-26(11-12-30(29)35-33)24-13-15-36(16-14-24)20-31(37)34-7/h11-12,17-19,22-25,35H,2,8-10,13-16,20H2,1,3-7H3,(H,34,37)/b27-17+,28-19+. The van der Waals surface area contributed by atoms with E-state index in [-0.39, 0.29) is 5.91 Å². The van der Waals surface area contributed by atoms with Gasteiger partial charge < -0.3 is 10.3 Å². The van der Waals surface area contributed by atoms with Crippen molar-refractivity contribution in [2.45, 2.75) is 78.6 Å². The maximum Gasteiger partial charge on any atom is 0.233 e. The Labute approximate surface area is 224 Å². The van der Waals surface area contributed by atoms with Gasteiger partial charge in [-0.15, -0.1) is 0 Å². The number of amides is 1. The Morgan fingerprint density at radius 2 is 1.86 bits per heavy atom. The smallest absolute Gasteiger partial charge is 0.233 e. The van der Waals surface area contributed by atoms with E-state index in [1.807, 2.05) is 0 Å². The van der Waals surface area contributed by atoms with Crippen molar-refractivity contribution in [1.29, 1.82) is 0 Å². The van der Waals surface area contributed by atoms with Crippen LogP contribution in [0.4, 0.5) is 0 Å². The molecule has 1 unspecified atom stereocenters. The summed E-state index contributed by atoms with van der Waals surface area (Å²) in [5, 5.41) is 4.10. The van der Waals surface area contributed by atoms with Gasteiger partial charge in [0.2, 0.25) is 5.91 Å². The monoisotopic (exact) mass is 501 g/mol. The molecule has 2 heterocycles. The van der Waals surface area contributed by atoms with Crippen molar-refractivity contribution in [3.8, 4) is 0 Å². The summed E-state index contributed by atoms with van der Waals surface area (Å²) in [5.41, 5.74) is 9.29. The normalized spacial score (nSPS) is 19.0. The Morgan fingerprint density at radius 3 is 2.43 bits per heavy atom. The minimum Gasteiger partial charge on any atom is -0.358 e. The Balaban J connectivity index is 1.69. The molecule has 2 N–H and O–H groups in total. The van der Waals surface area contributed by atoms with Crippen LogP contribution >= 0.6 is 0 Å². The minimum atomic E-state index is 0.104. The van der Waals surface area contributed by atoms with Crippen LogP contribution in [0.3, 0.4) is 0 Å². The van der Waals surface area contributed by atoms with Gasteiger partial charge in [0.15, 0.2) is 0 Å². The highest BCUT2D eigenvalue weighted by Crippen LogP contribution is 2.44. The van der Waals surface area contributed by atoms with Gasteiger partial charge in [-0.3, -0.25) is 9.69 Å². The molecule has 2 aliphatic rings. The first-order valence-corrected chi connectivity index (χ1v) is 14.4. The van der Waals surface area contributed by atoms with E-state index in [1.165, 1.54) is 52.6 Å². The summed E-state index contributed by atoms with van der Waals surface area (Å²) >= 11 is 0. The number of likely N-dealkylation sites (N-methyl/N-ethyl adjacent to an activating group) is 1. The minimum absolute atomic E-state index is 0.104. The maximum atomic E-state index is 11.8. The SMILES string of the molecule is C=C(C)/C=C(\C=C(/C(C)CC)C1CC1)c1[nH]c2ccc(C3CCN(CC(=O)NC)CC3)cc2c1C(C)C. The summed E-state index contributed by atoms with van der Waals surface area (Å²) in [6.07, 6.45) is 10.8. The van der Waals surface area contributed by atoms with Crippen molar-refractivity contribution in [2.24, 2.45) is 11.8 Å². The molecule has 1 saturated heterocycles. The van der Waals surface area contributed by atoms with E-state index in [0.29, 0.717) is 24.3 Å². The number of benzene rings is 1. The lowest BCUT2D eigenvalue weighted by Gasteiger charge is -2.31. The fourth-order valence-electron chi connectivity index (χ4n) is 5.96. The Hall–Kier alpha value is -2.59. The molecule has 0 spiro atoms. The Bertz CT molecular complexity index is 1190. The average molecular weight is 502 g/mol. The molecule has 0 radical (unpaired) electrons. The number of aromatic amines is 1. The van der Waals surface area contributed by atoms with E-state index in [2.05, 4.69) is 86.7 Å². The lowest BCUT2D eigenvalue weighted by Crippen LogP contribution is -2.40. The second kappa shape index (κ2) is 11.9. The van der Waals surface area contributed by atoms with E-state index < -0.39 is 0 Å². The quantitative estimate of drug-likeness (QED) is 0.330. The maximum absolute atomic E-state index is 11.8. The van der Waals surface area contributed by atoms with Crippen molar-refractivity contribution in [3.63, 3.8) is 0 Å². The summed E-state index contributed by atoms with van der Waals surface area (Å²) in [7, 11) is 1.71. The van der Waals surface area contributed by atoms with Crippen LogP contribution in [0.25, 0.3) is 16.5 Å². The summed E-state index contributed by atoms with van der Waals surface area (Å²) in [4.78, 5) is 17.9. The van der Waals surface area contributed by atoms with E-state index in [4.69, 9.17) is 0 Å². The third kappa shape index (κ3) is 6.46. The molecule has 1 amide bonds. The predicted octanol–water partition coefficient (Wildman–Crippen LogP) is 7.56. The van der Waals surface area contributed by atoms with E-state index in [1.54, 1.807) is 12.6 Å². The second-order valence-electron chi connectivity index (χ2n) is 11.8. The van der Waals surface area contributed by atoms with Gasteiger partial charge in [-0.2, -0.15) is 0 Å². The number of piperidine rings is 1. The fraction of sp³-hybridized carbons (Fsp3) is 0.545. The third-order valence-electron chi connectivity index (χ3n) is 8.39. The van der Waals surface area contributed by atoms with Gasteiger partial charge in [-0.1, -0.05) is 63.6 Å². The number of aromatic nitrogens is 1. The Morgan fingerprint density at radius 1 is 1.16 bits per heavy atom. The highest BCUT2D eigenvalue weighted by molar-refractivity contribution is 5.92. The van der Waals surface area contributed by atoms with Gasteiger partial charge >= 0.3 is 0 Å². The lowest BCUT2D eigenvalue weighted by molar-refractivity contribution is -0.122. The van der Waals surface area contributed by atoms with Crippen LogP contribution < -0.4 is 5.32 Å². The van der Waals surface area contributed by atoms with Crippen LogP contribution in [-0.2, 0) is 4.79 Å². The summed E-state index contributed by atoms with van der Waals surface area (Å²) in [6.45, 7) is 18.1. The molecule has 1 aromatic heterocycles. The van der Waals surface area contributed by atoms with Gasteiger partial charge in [0.1, 0.15) is 0 Å². The highest BCUT2D eigenvalue weighted by Gasteiger charge is 2.29. The van der Waals surface area contributed by atoms with Crippen LogP contribution in [0.1, 0.15) is 95.4 Å². The summed E-state index contributed by atoms with van der Waals surface area (Å²) in [5.74, 6) is 2.40. The first-order chi connectivity index (χ1) is 17.7. The number of likely N-dealkylation sites (tertiary alicyclic amines) is 1. The van der Waals surface area contributed by atoms with Crippen molar-refractivity contribution >= 4 is 22.4 Å². The molecule has 0 bridgehead atoms. The molecule has 1 saturated carbocycles. The number of carbonyl (C=O) groups is 1. The molecule has 37 heavy (non-hydrogen) atoms. The zero-order chi connectivity index (χ0) is 26.7. The molecule has 1 aromatic carbocycles. The number of hydrogen-bond donors (Lipinski definition) is 2. The number of nitrogens with one attached hydrogen (secondary N) is 2. The average Bonchev–Trinajstić information content (AvgIpc) is 3.64. The van der Waals surface area contributed by atoms with Crippen LogP contribution in [-0.4, -0.2) is 42.5 Å². The highest BCUT2D eigenvalue weighted by atomic mass is 16.1. The lowest BCUT2D eigenvalue weighted by atomic mass is 9.87. The van der Waals surface area contributed by atoms with Crippen molar-refractivity contribution in [2.75, 3.05) is 26.7 Å². The second-order valence-corrected chi connectivity index (χ2v) is 11.8. The van der Waals surface area contributed by atoms with Crippen molar-refractivity contribution in [3.05, 3.63) is 64.9 Å².